The quantitative estimate of drug-likeness (QED) is 0.747. The van der Waals surface area contributed by atoms with Crippen LogP contribution in [0.15, 0.2) is 30.6 Å². The van der Waals surface area contributed by atoms with Crippen LogP contribution in [0.25, 0.3) is 0 Å². The van der Waals surface area contributed by atoms with E-state index in [-0.39, 0.29) is 6.79 Å². The number of hydrogen-bond acceptors (Lipinski definition) is 6. The van der Waals surface area contributed by atoms with E-state index in [0.717, 1.165) is 55.2 Å². The van der Waals surface area contributed by atoms with Gasteiger partial charge in [0.25, 0.3) is 0 Å². The topological polar surface area (TPSA) is 69.0 Å². The second-order valence-electron chi connectivity index (χ2n) is 7.76. The second-order valence-corrected chi connectivity index (χ2v) is 7.76. The van der Waals surface area contributed by atoms with Crippen LogP contribution in [0, 0.1) is 5.92 Å². The first-order valence-electron chi connectivity index (χ1n) is 10.0. The van der Waals surface area contributed by atoms with Crippen molar-refractivity contribution < 1.29 is 19.3 Å². The molecule has 0 aliphatic carbocycles. The van der Waals surface area contributed by atoms with Crippen LogP contribution in [0.2, 0.25) is 0 Å². The minimum atomic E-state index is -0.472. The number of nitrogens with zero attached hydrogens (tertiary/aromatic N) is 3. The van der Waals surface area contributed by atoms with Gasteiger partial charge in [-0.3, -0.25) is 0 Å². The Morgan fingerprint density at radius 3 is 2.86 bits per heavy atom. The molecule has 7 heteroatoms. The van der Waals surface area contributed by atoms with Crippen molar-refractivity contribution in [3.63, 3.8) is 0 Å². The molecule has 2 aliphatic rings. The van der Waals surface area contributed by atoms with Gasteiger partial charge < -0.3 is 28.8 Å². The van der Waals surface area contributed by atoms with Gasteiger partial charge in [0.15, 0.2) is 11.5 Å². The summed E-state index contributed by atoms with van der Waals surface area (Å²) >= 11 is 0. The van der Waals surface area contributed by atoms with Crippen molar-refractivity contribution in [2.75, 3.05) is 33.0 Å². The summed E-state index contributed by atoms with van der Waals surface area (Å²) in [6.45, 7) is 3.77. The number of ether oxygens (including phenoxy) is 3. The van der Waals surface area contributed by atoms with Gasteiger partial charge in [0.2, 0.25) is 6.79 Å². The number of imidazole rings is 1. The maximum absolute atomic E-state index is 10.3. The number of hydrogen-bond donors (Lipinski definition) is 1. The molecule has 1 unspecified atom stereocenters. The Bertz CT molecular complexity index is 771. The van der Waals surface area contributed by atoms with Crippen LogP contribution >= 0.6 is 0 Å². The van der Waals surface area contributed by atoms with Gasteiger partial charge in [-0.2, -0.15) is 0 Å². The first-order chi connectivity index (χ1) is 13.7. The first kappa shape index (κ1) is 19.2. The van der Waals surface area contributed by atoms with Crippen LogP contribution in [-0.2, 0) is 24.8 Å². The number of aliphatic hydroxyl groups excluding tert-OH is 1. The molecule has 0 spiro atoms. The van der Waals surface area contributed by atoms with Crippen molar-refractivity contribution >= 4 is 0 Å². The third-order valence-corrected chi connectivity index (χ3v) is 5.58. The molecule has 0 amide bonds. The number of rotatable bonds is 8. The zero-order valence-corrected chi connectivity index (χ0v) is 16.4. The highest BCUT2D eigenvalue weighted by Crippen LogP contribution is 2.32. The lowest BCUT2D eigenvalue weighted by Crippen LogP contribution is -2.40. The normalized spacial score (nSPS) is 18.5. The van der Waals surface area contributed by atoms with Gasteiger partial charge in [-0.25, -0.2) is 4.98 Å². The Hall–Kier alpha value is -2.09. The molecular formula is C21H29N3O4. The maximum atomic E-state index is 10.3. The zero-order valence-electron chi connectivity index (χ0n) is 16.4. The highest BCUT2D eigenvalue weighted by atomic mass is 16.7. The fraction of sp³-hybridized carbons (Fsp3) is 0.571. The standard InChI is InChI=1S/C21H29N3O4/c1-23-9-6-22-21(23)11-16-4-7-24(8-5-16)12-18(25)14-26-13-17-2-3-19-20(10-17)28-15-27-19/h2-3,6,9-10,16,18,25H,4-5,7-8,11-15H2,1H3. The molecular weight excluding hydrogens is 358 g/mol. The van der Waals surface area contributed by atoms with E-state index in [9.17, 15) is 5.11 Å². The van der Waals surface area contributed by atoms with Crippen LogP contribution in [0.1, 0.15) is 24.2 Å². The molecule has 1 fully saturated rings. The predicted octanol–water partition coefficient (Wildman–Crippen LogP) is 1.98. The van der Waals surface area contributed by atoms with Crippen LogP contribution in [0.4, 0.5) is 0 Å². The van der Waals surface area contributed by atoms with Crippen LogP contribution < -0.4 is 9.47 Å². The SMILES string of the molecule is Cn1ccnc1CC1CCN(CC(O)COCc2ccc3c(c2)OCO3)CC1. The number of likely N-dealkylation sites (tertiary alicyclic amines) is 1. The number of piperidine rings is 1. The minimum Gasteiger partial charge on any atom is -0.454 e. The molecule has 1 saturated heterocycles. The molecule has 7 nitrogen and oxygen atoms in total. The van der Waals surface area contributed by atoms with Crippen molar-refractivity contribution in [1.82, 2.24) is 14.5 Å². The van der Waals surface area contributed by atoms with Crippen molar-refractivity contribution in [2.24, 2.45) is 13.0 Å². The van der Waals surface area contributed by atoms with Gasteiger partial charge in [-0.15, -0.1) is 0 Å². The molecule has 1 aromatic heterocycles. The molecule has 4 rings (SSSR count). The van der Waals surface area contributed by atoms with Crippen molar-refractivity contribution in [3.05, 3.63) is 42.0 Å². The molecule has 152 valence electrons. The number of benzene rings is 1. The molecule has 1 atom stereocenters. The van der Waals surface area contributed by atoms with Gasteiger partial charge in [0, 0.05) is 32.4 Å². The van der Waals surface area contributed by atoms with Gasteiger partial charge in [-0.1, -0.05) is 6.07 Å². The largest absolute Gasteiger partial charge is 0.454 e. The van der Waals surface area contributed by atoms with Gasteiger partial charge in [0.1, 0.15) is 5.82 Å². The number of aliphatic hydroxyl groups is 1. The summed E-state index contributed by atoms with van der Waals surface area (Å²) in [4.78, 5) is 6.77. The Morgan fingerprint density at radius 1 is 1.25 bits per heavy atom. The van der Waals surface area contributed by atoms with Crippen LogP contribution in [-0.4, -0.2) is 58.7 Å². The van der Waals surface area contributed by atoms with E-state index in [2.05, 4.69) is 21.5 Å². The lowest BCUT2D eigenvalue weighted by Gasteiger charge is -2.33. The van der Waals surface area contributed by atoms with E-state index < -0.39 is 6.10 Å². The summed E-state index contributed by atoms with van der Waals surface area (Å²) in [5, 5.41) is 10.3. The number of aromatic nitrogens is 2. The monoisotopic (exact) mass is 387 g/mol. The third kappa shape index (κ3) is 4.84. The number of aryl methyl sites for hydroxylation is 1. The van der Waals surface area contributed by atoms with E-state index in [1.807, 2.05) is 30.6 Å². The average Bonchev–Trinajstić information content (AvgIpc) is 3.32. The van der Waals surface area contributed by atoms with Crippen LogP contribution in [0.3, 0.4) is 0 Å². The Morgan fingerprint density at radius 2 is 2.07 bits per heavy atom. The molecule has 0 radical (unpaired) electrons. The smallest absolute Gasteiger partial charge is 0.231 e. The summed E-state index contributed by atoms with van der Waals surface area (Å²) in [5.74, 6) is 3.37. The summed E-state index contributed by atoms with van der Waals surface area (Å²) in [6, 6.07) is 5.79. The zero-order chi connectivity index (χ0) is 19.3. The van der Waals surface area contributed by atoms with E-state index in [4.69, 9.17) is 14.2 Å². The molecule has 3 heterocycles. The third-order valence-electron chi connectivity index (χ3n) is 5.58. The molecule has 0 saturated carbocycles. The lowest BCUT2D eigenvalue weighted by atomic mass is 9.93. The molecule has 1 N–H and O–H groups in total. The van der Waals surface area contributed by atoms with Gasteiger partial charge in [0.05, 0.1) is 19.3 Å². The Kier molecular flexibility index (Phi) is 6.14. The fourth-order valence-corrected chi connectivity index (χ4v) is 3.92. The van der Waals surface area contributed by atoms with Crippen LogP contribution in [0.5, 0.6) is 11.5 Å². The molecule has 2 aromatic rings. The average molecular weight is 387 g/mol. The Labute approximate surface area is 165 Å². The molecule has 2 aliphatic heterocycles. The van der Waals surface area contributed by atoms with Crippen molar-refractivity contribution in [1.29, 1.82) is 0 Å². The highest BCUT2D eigenvalue weighted by Gasteiger charge is 2.22. The number of β-amino-alcohol motifs (C(OH)–C–C–N with tert-alkyl or cyclic N) is 1. The number of fused-ring (bicyclic) bond motifs is 1. The van der Waals surface area contributed by atoms with E-state index >= 15 is 0 Å². The minimum absolute atomic E-state index is 0.275. The maximum Gasteiger partial charge on any atom is 0.231 e. The molecule has 1 aromatic carbocycles. The summed E-state index contributed by atoms with van der Waals surface area (Å²) < 4.78 is 18.5. The summed E-state index contributed by atoms with van der Waals surface area (Å²) in [5.41, 5.74) is 1.02. The van der Waals surface area contributed by atoms with E-state index in [0.29, 0.717) is 25.7 Å². The van der Waals surface area contributed by atoms with Crippen molar-refractivity contribution in [3.8, 4) is 11.5 Å². The van der Waals surface area contributed by atoms with Gasteiger partial charge in [-0.05, 0) is 49.5 Å². The molecule has 0 bridgehead atoms. The lowest BCUT2D eigenvalue weighted by molar-refractivity contribution is 0.00442. The van der Waals surface area contributed by atoms with E-state index in [1.54, 1.807) is 0 Å². The first-order valence-corrected chi connectivity index (χ1v) is 10.0. The predicted molar refractivity (Wildman–Crippen MR) is 104 cm³/mol. The fourth-order valence-electron chi connectivity index (χ4n) is 3.92. The molecule has 28 heavy (non-hydrogen) atoms. The summed E-state index contributed by atoms with van der Waals surface area (Å²) in [7, 11) is 2.05. The summed E-state index contributed by atoms with van der Waals surface area (Å²) in [6.07, 6.45) is 6.74. The Balaban J connectivity index is 1.14. The van der Waals surface area contributed by atoms with E-state index in [1.165, 1.54) is 0 Å². The van der Waals surface area contributed by atoms with Gasteiger partial charge >= 0.3 is 0 Å². The van der Waals surface area contributed by atoms with Crippen molar-refractivity contribution in [2.45, 2.75) is 32.0 Å². The highest BCUT2D eigenvalue weighted by molar-refractivity contribution is 5.44. The second kappa shape index (κ2) is 8.94.